The predicted molar refractivity (Wildman–Crippen MR) is 61.3 cm³/mol. The fourth-order valence-corrected chi connectivity index (χ4v) is 3.56. The number of thioether (sulfide) groups is 1. The zero-order valence-corrected chi connectivity index (χ0v) is 9.47. The number of hydrogen-bond acceptors (Lipinski definition) is 3. The summed E-state index contributed by atoms with van der Waals surface area (Å²) in [5, 5.41) is 2.00. The van der Waals surface area contributed by atoms with Gasteiger partial charge in [0.2, 0.25) is 0 Å². The molecule has 0 aromatic heterocycles. The lowest BCUT2D eigenvalue weighted by Crippen LogP contribution is -2.07. The fraction of sp³-hybridized carbons (Fsp3) is 1.00. The SMILES string of the molecule is CSC1CC[C@@H](S)CC(S)C1. The average Bonchev–Trinajstić information content (AvgIpc) is 2.11. The molecule has 0 radical (unpaired) electrons. The largest absolute Gasteiger partial charge is 0.176 e. The van der Waals surface area contributed by atoms with Crippen molar-refractivity contribution in [3.8, 4) is 0 Å². The lowest BCUT2D eigenvalue weighted by molar-refractivity contribution is 0.728. The zero-order chi connectivity index (χ0) is 8.27. The van der Waals surface area contributed by atoms with Crippen molar-refractivity contribution in [2.24, 2.45) is 0 Å². The first-order chi connectivity index (χ1) is 5.22. The molecule has 0 N–H and O–H groups in total. The second-order valence-corrected chi connectivity index (χ2v) is 5.81. The molecular formula is C8H16S3. The first-order valence-corrected chi connectivity index (χ1v) is 6.43. The molecule has 0 aromatic carbocycles. The van der Waals surface area contributed by atoms with Crippen LogP contribution in [0.3, 0.4) is 0 Å². The maximum Gasteiger partial charge on any atom is 0.00551 e. The molecule has 1 saturated carbocycles. The predicted octanol–water partition coefficient (Wildman–Crippen LogP) is 2.89. The van der Waals surface area contributed by atoms with Crippen LogP contribution in [0.2, 0.25) is 0 Å². The molecule has 2 unspecified atom stereocenters. The van der Waals surface area contributed by atoms with Crippen LogP contribution in [0, 0.1) is 0 Å². The molecule has 1 aliphatic rings. The van der Waals surface area contributed by atoms with E-state index in [4.69, 9.17) is 0 Å². The van der Waals surface area contributed by atoms with Crippen LogP contribution in [0.5, 0.6) is 0 Å². The Morgan fingerprint density at radius 2 is 1.82 bits per heavy atom. The smallest absolute Gasteiger partial charge is 0.00551 e. The van der Waals surface area contributed by atoms with Crippen molar-refractivity contribution in [1.29, 1.82) is 0 Å². The summed E-state index contributed by atoms with van der Waals surface area (Å²) in [5.74, 6) is 0. The van der Waals surface area contributed by atoms with Crippen molar-refractivity contribution >= 4 is 37.0 Å². The molecular weight excluding hydrogens is 192 g/mol. The quantitative estimate of drug-likeness (QED) is 0.493. The third-order valence-electron chi connectivity index (χ3n) is 2.23. The van der Waals surface area contributed by atoms with Gasteiger partial charge in [0.05, 0.1) is 0 Å². The minimum atomic E-state index is 0.581. The Morgan fingerprint density at radius 3 is 2.45 bits per heavy atom. The zero-order valence-electron chi connectivity index (χ0n) is 6.86. The molecule has 3 heteroatoms. The molecule has 0 heterocycles. The van der Waals surface area contributed by atoms with E-state index < -0.39 is 0 Å². The molecule has 0 nitrogen and oxygen atoms in total. The fourth-order valence-electron chi connectivity index (χ4n) is 1.54. The molecule has 66 valence electrons. The van der Waals surface area contributed by atoms with Gasteiger partial charge in [-0.25, -0.2) is 0 Å². The summed E-state index contributed by atoms with van der Waals surface area (Å²) < 4.78 is 0. The Kier molecular flexibility index (Phi) is 4.54. The van der Waals surface area contributed by atoms with E-state index in [0.29, 0.717) is 10.5 Å². The normalized spacial score (nSPS) is 40.1. The van der Waals surface area contributed by atoms with E-state index in [1.54, 1.807) is 0 Å². The van der Waals surface area contributed by atoms with Gasteiger partial charge in [-0.1, -0.05) is 0 Å². The van der Waals surface area contributed by atoms with Crippen LogP contribution in [0.4, 0.5) is 0 Å². The topological polar surface area (TPSA) is 0 Å². The minimum Gasteiger partial charge on any atom is -0.176 e. The first-order valence-electron chi connectivity index (χ1n) is 4.11. The Bertz CT molecular complexity index is 116. The lowest BCUT2D eigenvalue weighted by Gasteiger charge is -2.12. The van der Waals surface area contributed by atoms with Crippen LogP contribution < -0.4 is 0 Å². The monoisotopic (exact) mass is 208 g/mol. The summed E-state index contributed by atoms with van der Waals surface area (Å²) in [7, 11) is 0. The van der Waals surface area contributed by atoms with Gasteiger partial charge in [0.25, 0.3) is 0 Å². The molecule has 0 spiro atoms. The Morgan fingerprint density at radius 1 is 1.09 bits per heavy atom. The summed E-state index contributed by atoms with van der Waals surface area (Å²) >= 11 is 11.0. The summed E-state index contributed by atoms with van der Waals surface area (Å²) in [6.07, 6.45) is 7.24. The van der Waals surface area contributed by atoms with Gasteiger partial charge in [0.1, 0.15) is 0 Å². The van der Waals surface area contributed by atoms with Crippen molar-refractivity contribution in [2.75, 3.05) is 6.26 Å². The van der Waals surface area contributed by atoms with E-state index in [1.807, 2.05) is 11.8 Å². The molecule has 0 amide bonds. The molecule has 1 fully saturated rings. The summed E-state index contributed by atoms with van der Waals surface area (Å²) in [5.41, 5.74) is 0. The van der Waals surface area contributed by atoms with Gasteiger partial charge in [-0.15, -0.1) is 0 Å². The van der Waals surface area contributed by atoms with Gasteiger partial charge in [-0.3, -0.25) is 0 Å². The van der Waals surface area contributed by atoms with E-state index in [1.165, 1.54) is 25.7 Å². The van der Waals surface area contributed by atoms with Gasteiger partial charge < -0.3 is 0 Å². The third kappa shape index (κ3) is 3.51. The van der Waals surface area contributed by atoms with Crippen LogP contribution in [-0.2, 0) is 0 Å². The van der Waals surface area contributed by atoms with Crippen molar-refractivity contribution in [3.05, 3.63) is 0 Å². The molecule has 0 aliphatic heterocycles. The molecule has 1 aliphatic carbocycles. The molecule has 3 atom stereocenters. The van der Waals surface area contributed by atoms with Crippen LogP contribution in [0.1, 0.15) is 25.7 Å². The minimum absolute atomic E-state index is 0.581. The lowest BCUT2D eigenvalue weighted by atomic mass is 10.2. The summed E-state index contributed by atoms with van der Waals surface area (Å²) in [6, 6.07) is 0. The van der Waals surface area contributed by atoms with Crippen LogP contribution in [0.25, 0.3) is 0 Å². The number of rotatable bonds is 1. The second kappa shape index (κ2) is 4.93. The third-order valence-corrected chi connectivity index (χ3v) is 4.22. The van der Waals surface area contributed by atoms with E-state index in [0.717, 1.165) is 5.25 Å². The van der Waals surface area contributed by atoms with Crippen molar-refractivity contribution < 1.29 is 0 Å². The molecule has 0 bridgehead atoms. The maximum absolute atomic E-state index is 4.54. The van der Waals surface area contributed by atoms with Gasteiger partial charge in [-0.05, 0) is 31.9 Å². The van der Waals surface area contributed by atoms with E-state index in [2.05, 4.69) is 31.5 Å². The highest BCUT2D eigenvalue weighted by Gasteiger charge is 2.20. The highest BCUT2D eigenvalue weighted by Crippen LogP contribution is 2.30. The Labute approximate surface area is 84.7 Å². The van der Waals surface area contributed by atoms with Gasteiger partial charge in [-0.2, -0.15) is 37.0 Å². The number of hydrogen-bond donors (Lipinski definition) is 2. The highest BCUT2D eigenvalue weighted by molar-refractivity contribution is 7.99. The summed E-state index contributed by atoms with van der Waals surface area (Å²) in [6.45, 7) is 0. The van der Waals surface area contributed by atoms with E-state index in [9.17, 15) is 0 Å². The maximum atomic E-state index is 4.54. The molecule has 0 saturated heterocycles. The van der Waals surface area contributed by atoms with Crippen LogP contribution >= 0.6 is 37.0 Å². The van der Waals surface area contributed by atoms with Crippen molar-refractivity contribution in [1.82, 2.24) is 0 Å². The highest BCUT2D eigenvalue weighted by atomic mass is 32.2. The second-order valence-electron chi connectivity index (χ2n) is 3.21. The molecule has 0 aromatic rings. The average molecular weight is 208 g/mol. The van der Waals surface area contributed by atoms with Crippen molar-refractivity contribution in [2.45, 2.75) is 41.4 Å². The number of thiol groups is 2. The summed E-state index contributed by atoms with van der Waals surface area (Å²) in [4.78, 5) is 0. The van der Waals surface area contributed by atoms with Crippen molar-refractivity contribution in [3.63, 3.8) is 0 Å². The molecule has 11 heavy (non-hydrogen) atoms. The van der Waals surface area contributed by atoms with E-state index >= 15 is 0 Å². The Balaban J connectivity index is 2.39. The standard InChI is InChI=1S/C8H16S3/c1-11-8-3-2-6(9)4-7(10)5-8/h6-10H,2-5H2,1H3/t6-,7?,8?/m1/s1. The van der Waals surface area contributed by atoms with E-state index in [-0.39, 0.29) is 0 Å². The Hall–Kier alpha value is 1.05. The van der Waals surface area contributed by atoms with Crippen LogP contribution in [-0.4, -0.2) is 22.0 Å². The van der Waals surface area contributed by atoms with Gasteiger partial charge >= 0.3 is 0 Å². The first kappa shape index (κ1) is 10.1. The van der Waals surface area contributed by atoms with Gasteiger partial charge in [0, 0.05) is 15.7 Å². The molecule has 1 rings (SSSR count). The van der Waals surface area contributed by atoms with Crippen LogP contribution in [0.15, 0.2) is 0 Å². The van der Waals surface area contributed by atoms with Gasteiger partial charge in [0.15, 0.2) is 0 Å².